The third-order valence-corrected chi connectivity index (χ3v) is 4.56. The number of aromatic amines is 2. The first kappa shape index (κ1) is 28.8. The lowest BCUT2D eigenvalue weighted by molar-refractivity contribution is -0.386. The fraction of sp³-hybridized carbons (Fsp3) is 0.158. The monoisotopic (exact) mass is 555 g/mol. The summed E-state index contributed by atoms with van der Waals surface area (Å²) in [5.41, 5.74) is -7.51. The number of pyridine rings is 2. The fourth-order valence-corrected chi connectivity index (χ4v) is 2.92. The first-order valence-corrected chi connectivity index (χ1v) is 9.81. The van der Waals surface area contributed by atoms with Crippen molar-refractivity contribution in [1.29, 1.82) is 0 Å². The Kier molecular flexibility index (Phi) is 8.65. The van der Waals surface area contributed by atoms with Gasteiger partial charge in [0.2, 0.25) is 0 Å². The van der Waals surface area contributed by atoms with Crippen molar-refractivity contribution in [3.05, 3.63) is 105 Å². The van der Waals surface area contributed by atoms with Crippen LogP contribution in [0.4, 0.5) is 43.4 Å². The van der Waals surface area contributed by atoms with Gasteiger partial charge in [0.25, 0.3) is 0 Å². The molecule has 3 aromatic rings. The summed E-state index contributed by atoms with van der Waals surface area (Å²) in [6.07, 6.45) is -9.62. The van der Waals surface area contributed by atoms with E-state index in [9.17, 15) is 56.2 Å². The molecule has 0 aliphatic rings. The van der Waals surface area contributed by atoms with Crippen molar-refractivity contribution in [3.63, 3.8) is 0 Å². The van der Waals surface area contributed by atoms with Crippen LogP contribution in [0.15, 0.2) is 52.1 Å². The number of aromatic nitrogens is 2. The number of H-pyrrole nitrogens is 2. The minimum absolute atomic E-state index is 0.0441. The van der Waals surface area contributed by atoms with E-state index in [1.807, 2.05) is 0 Å². The smallest absolute Gasteiger partial charge is 0.375 e. The molecule has 1 aromatic carbocycles. The highest BCUT2D eigenvalue weighted by molar-refractivity contribution is 6.32. The lowest BCUT2D eigenvalue weighted by atomic mass is 10.2. The Bertz CT molecular complexity index is 1420. The van der Waals surface area contributed by atoms with Crippen molar-refractivity contribution in [2.24, 2.45) is 0 Å². The van der Waals surface area contributed by atoms with Crippen molar-refractivity contribution >= 4 is 28.7 Å². The third-order valence-electron chi connectivity index (χ3n) is 4.27. The molecule has 0 atom stereocenters. The molecule has 0 saturated carbocycles. The number of halogens is 7. The zero-order chi connectivity index (χ0) is 28.1. The second kappa shape index (κ2) is 11.1. The van der Waals surface area contributed by atoms with Gasteiger partial charge < -0.3 is 15.3 Å². The number of hydrogen-bond donors (Lipinski definition) is 3. The summed E-state index contributed by atoms with van der Waals surface area (Å²) >= 11 is 5.17. The van der Waals surface area contributed by atoms with Gasteiger partial charge in [-0.05, 0) is 17.7 Å². The zero-order valence-electron chi connectivity index (χ0n) is 17.7. The molecule has 0 saturated heterocycles. The average Bonchev–Trinajstić information content (AvgIpc) is 2.76. The second-order valence-electron chi connectivity index (χ2n) is 6.83. The van der Waals surface area contributed by atoms with E-state index in [4.69, 9.17) is 11.6 Å². The molecule has 3 N–H and O–H groups in total. The highest BCUT2D eigenvalue weighted by atomic mass is 35.5. The van der Waals surface area contributed by atoms with Crippen molar-refractivity contribution in [2.45, 2.75) is 18.9 Å². The summed E-state index contributed by atoms with van der Waals surface area (Å²) < 4.78 is 74.3. The Morgan fingerprint density at radius 2 is 1.27 bits per heavy atom. The fourth-order valence-electron chi connectivity index (χ4n) is 2.66. The van der Waals surface area contributed by atoms with Gasteiger partial charge in [-0.3, -0.25) is 29.8 Å². The number of rotatable bonds is 5. The molecular weight excluding hydrogens is 544 g/mol. The number of nitrogens with one attached hydrogen (secondary N) is 3. The first-order valence-electron chi connectivity index (χ1n) is 9.43. The van der Waals surface area contributed by atoms with E-state index in [1.54, 1.807) is 30.3 Å². The van der Waals surface area contributed by atoms with Crippen LogP contribution in [0.3, 0.4) is 0 Å². The normalized spacial score (nSPS) is 11.3. The van der Waals surface area contributed by atoms with Gasteiger partial charge in [0, 0.05) is 6.54 Å². The number of benzene rings is 1. The molecule has 198 valence electrons. The van der Waals surface area contributed by atoms with Crippen LogP contribution < -0.4 is 16.4 Å². The van der Waals surface area contributed by atoms with Crippen molar-refractivity contribution in [2.75, 3.05) is 5.32 Å². The minimum Gasteiger partial charge on any atom is -0.375 e. The van der Waals surface area contributed by atoms with Crippen LogP contribution in [0, 0.1) is 20.2 Å². The van der Waals surface area contributed by atoms with E-state index in [0.29, 0.717) is 17.7 Å². The van der Waals surface area contributed by atoms with Gasteiger partial charge in [0.05, 0.1) is 9.85 Å². The van der Waals surface area contributed by atoms with E-state index in [2.05, 4.69) is 5.32 Å². The van der Waals surface area contributed by atoms with E-state index in [-0.39, 0.29) is 6.54 Å². The molecule has 0 bridgehead atoms. The largest absolute Gasteiger partial charge is 0.431 e. The third kappa shape index (κ3) is 7.53. The van der Waals surface area contributed by atoms with Crippen LogP contribution in [0.25, 0.3) is 0 Å². The summed E-state index contributed by atoms with van der Waals surface area (Å²) in [7, 11) is 0. The van der Waals surface area contributed by atoms with Crippen LogP contribution in [0.1, 0.15) is 17.0 Å². The molecule has 3 rings (SSSR count). The summed E-state index contributed by atoms with van der Waals surface area (Å²) in [6.45, 7) is 0.0441. The van der Waals surface area contributed by atoms with Crippen LogP contribution in [-0.4, -0.2) is 19.8 Å². The van der Waals surface area contributed by atoms with E-state index < -0.39 is 66.8 Å². The molecule has 0 spiro atoms. The maximum Gasteiger partial charge on any atom is 0.431 e. The topological polar surface area (TPSA) is 164 Å². The van der Waals surface area contributed by atoms with Gasteiger partial charge in [0.15, 0.2) is 0 Å². The SMILES string of the molecule is O=c1[nH]c(C(F)(F)F)cc(Cl)c1[N+](=O)[O-].O=c1[nH]c(C(F)(F)F)cc(NCc2ccccc2)c1[N+](=O)[O-]. The molecule has 11 nitrogen and oxygen atoms in total. The molecule has 0 radical (unpaired) electrons. The van der Waals surface area contributed by atoms with Gasteiger partial charge >= 0.3 is 34.8 Å². The predicted molar refractivity (Wildman–Crippen MR) is 116 cm³/mol. The van der Waals surface area contributed by atoms with Gasteiger partial charge in [-0.2, -0.15) is 26.3 Å². The highest BCUT2D eigenvalue weighted by Crippen LogP contribution is 2.32. The molecule has 0 aliphatic carbocycles. The molecule has 2 aromatic heterocycles. The van der Waals surface area contributed by atoms with Gasteiger partial charge in [-0.1, -0.05) is 41.9 Å². The Morgan fingerprint density at radius 1 is 0.811 bits per heavy atom. The molecule has 0 aliphatic heterocycles. The molecule has 18 heteroatoms. The quantitative estimate of drug-likeness (QED) is 0.229. The average molecular weight is 556 g/mol. The van der Waals surface area contributed by atoms with E-state index in [0.717, 1.165) is 0 Å². The van der Waals surface area contributed by atoms with E-state index in [1.165, 1.54) is 9.97 Å². The molecule has 2 heterocycles. The van der Waals surface area contributed by atoms with Gasteiger partial charge in [0.1, 0.15) is 22.1 Å². The maximum absolute atomic E-state index is 12.7. The van der Waals surface area contributed by atoms with Crippen LogP contribution in [0.2, 0.25) is 5.02 Å². The van der Waals surface area contributed by atoms with Crippen LogP contribution in [0.5, 0.6) is 0 Å². The Balaban J connectivity index is 0.000000281. The number of hydrogen-bond acceptors (Lipinski definition) is 7. The summed E-state index contributed by atoms with van der Waals surface area (Å²) in [5, 5.41) is 22.8. The van der Waals surface area contributed by atoms with Crippen molar-refractivity contribution in [3.8, 4) is 0 Å². The Labute approximate surface area is 205 Å². The van der Waals surface area contributed by atoms with Crippen LogP contribution in [-0.2, 0) is 18.9 Å². The molecular formula is C19H12ClF6N5O6. The number of alkyl halides is 6. The lowest BCUT2D eigenvalue weighted by Gasteiger charge is -2.11. The van der Waals surface area contributed by atoms with Crippen molar-refractivity contribution < 1.29 is 36.2 Å². The number of nitro groups is 2. The van der Waals surface area contributed by atoms with E-state index >= 15 is 0 Å². The van der Waals surface area contributed by atoms with Crippen LogP contribution >= 0.6 is 11.6 Å². The van der Waals surface area contributed by atoms with Gasteiger partial charge in [-0.15, -0.1) is 0 Å². The predicted octanol–water partition coefficient (Wildman–Crippen LogP) is 4.87. The zero-order valence-corrected chi connectivity index (χ0v) is 18.5. The molecule has 37 heavy (non-hydrogen) atoms. The Hall–Kier alpha value is -4.41. The minimum atomic E-state index is -4.81. The lowest BCUT2D eigenvalue weighted by Crippen LogP contribution is -2.21. The molecule has 0 amide bonds. The standard InChI is InChI=1S/C13H10F3N3O3.C6H2ClF3N2O3/c14-13(15,16)10-6-9(11(19(21)22)12(20)18-10)17-7-8-4-2-1-3-5-8;7-2-1-3(6(8,9)10)11-5(13)4(2)12(14)15/h1-6H,7H2,(H2,17,18,20);1H,(H,11,13). The van der Waals surface area contributed by atoms with Crippen molar-refractivity contribution in [1.82, 2.24) is 9.97 Å². The summed E-state index contributed by atoms with van der Waals surface area (Å²) in [6, 6.07) is 9.37. The summed E-state index contributed by atoms with van der Waals surface area (Å²) in [5.74, 6) is 0. The van der Waals surface area contributed by atoms with Gasteiger partial charge in [-0.25, -0.2) is 0 Å². The molecule has 0 fully saturated rings. The summed E-state index contributed by atoms with van der Waals surface area (Å²) in [4.78, 5) is 44.1. The highest BCUT2D eigenvalue weighted by Gasteiger charge is 2.36. The molecule has 0 unspecified atom stereocenters. The number of nitrogens with zero attached hydrogens (tertiary/aromatic N) is 2. The second-order valence-corrected chi connectivity index (χ2v) is 7.24. The Morgan fingerprint density at radius 3 is 1.70 bits per heavy atom. The first-order chi connectivity index (χ1) is 17.0. The maximum atomic E-state index is 12.7. The number of anilines is 1.